The first-order chi connectivity index (χ1) is 5.29. The van der Waals surface area contributed by atoms with Gasteiger partial charge in [-0.15, -0.1) is 12.4 Å². The van der Waals surface area contributed by atoms with Gasteiger partial charge < -0.3 is 10.1 Å². The molecule has 2 fully saturated rings. The molecule has 0 radical (unpaired) electrons. The van der Waals surface area contributed by atoms with Crippen LogP contribution >= 0.6 is 12.4 Å². The molecular weight excluding hydrogens is 178 g/mol. The molecular formula is C8H14ClNO2. The maximum atomic E-state index is 11.3. The van der Waals surface area contributed by atoms with Gasteiger partial charge in [-0.3, -0.25) is 4.79 Å². The number of hydrogen-bond donors (Lipinski definition) is 1. The minimum Gasteiger partial charge on any atom is -0.469 e. The highest BCUT2D eigenvalue weighted by Gasteiger charge is 2.55. The Morgan fingerprint density at radius 2 is 2.08 bits per heavy atom. The summed E-state index contributed by atoms with van der Waals surface area (Å²) in [4.78, 5) is 11.3. The van der Waals surface area contributed by atoms with Crippen molar-refractivity contribution in [3.05, 3.63) is 0 Å². The molecule has 1 heterocycles. The van der Waals surface area contributed by atoms with Crippen LogP contribution < -0.4 is 5.32 Å². The van der Waals surface area contributed by atoms with Gasteiger partial charge in [-0.25, -0.2) is 0 Å². The number of nitrogens with one attached hydrogen (secondary N) is 1. The van der Waals surface area contributed by atoms with Gasteiger partial charge in [-0.1, -0.05) is 0 Å². The van der Waals surface area contributed by atoms with Gasteiger partial charge in [0.25, 0.3) is 0 Å². The summed E-state index contributed by atoms with van der Waals surface area (Å²) in [5.41, 5.74) is -0.130. The molecule has 0 aromatic heterocycles. The minimum absolute atomic E-state index is 0. The fraction of sp³-hybridized carbons (Fsp3) is 0.875. The maximum Gasteiger partial charge on any atom is 0.314 e. The Kier molecular flexibility index (Phi) is 2.64. The summed E-state index contributed by atoms with van der Waals surface area (Å²) in [6, 6.07) is 0. The van der Waals surface area contributed by atoms with Crippen molar-refractivity contribution in [1.82, 2.24) is 5.32 Å². The molecule has 0 aromatic rings. The first-order valence-corrected chi connectivity index (χ1v) is 4.09. The summed E-state index contributed by atoms with van der Waals surface area (Å²) < 4.78 is 4.78. The van der Waals surface area contributed by atoms with E-state index in [1.54, 1.807) is 0 Å². The first-order valence-electron chi connectivity index (χ1n) is 4.09. The van der Waals surface area contributed by atoms with E-state index in [0.29, 0.717) is 5.92 Å². The topological polar surface area (TPSA) is 38.3 Å². The lowest BCUT2D eigenvalue weighted by molar-refractivity contribution is -0.157. The summed E-state index contributed by atoms with van der Waals surface area (Å²) >= 11 is 0. The van der Waals surface area contributed by atoms with Crippen molar-refractivity contribution in [3.8, 4) is 0 Å². The molecule has 2 rings (SSSR count). The highest BCUT2D eigenvalue weighted by molar-refractivity contribution is 5.85. The number of carbonyl (C=O) groups is 1. The van der Waals surface area contributed by atoms with Crippen LogP contribution in [0.4, 0.5) is 0 Å². The normalized spacial score (nSPS) is 25.1. The second-order valence-electron chi connectivity index (χ2n) is 3.53. The second-order valence-corrected chi connectivity index (χ2v) is 3.53. The molecule has 70 valence electrons. The van der Waals surface area contributed by atoms with Gasteiger partial charge in [0, 0.05) is 13.1 Å². The Balaban J connectivity index is 0.000000720. The van der Waals surface area contributed by atoms with Crippen LogP contribution in [0.1, 0.15) is 12.8 Å². The standard InChI is InChI=1S/C8H13NO2.ClH/c1-11-7(10)8(4-9-5-8)6-2-3-6;/h6,9H,2-5H2,1H3;1H. The third-order valence-corrected chi connectivity index (χ3v) is 2.83. The predicted octanol–water partition coefficient (Wildman–Crippen LogP) is 0.581. The third-order valence-electron chi connectivity index (χ3n) is 2.83. The number of carbonyl (C=O) groups excluding carboxylic acids is 1. The molecule has 0 spiro atoms. The van der Waals surface area contributed by atoms with Crippen molar-refractivity contribution in [1.29, 1.82) is 0 Å². The van der Waals surface area contributed by atoms with Crippen LogP contribution in [0.3, 0.4) is 0 Å². The fourth-order valence-electron chi connectivity index (χ4n) is 1.83. The molecule has 1 N–H and O–H groups in total. The van der Waals surface area contributed by atoms with Crippen LogP contribution in [0.2, 0.25) is 0 Å². The van der Waals surface area contributed by atoms with E-state index in [1.807, 2.05) is 0 Å². The Hall–Kier alpha value is -0.280. The minimum atomic E-state index is -0.130. The zero-order valence-corrected chi connectivity index (χ0v) is 7.95. The number of esters is 1. The Morgan fingerprint density at radius 3 is 2.33 bits per heavy atom. The van der Waals surface area contributed by atoms with E-state index in [1.165, 1.54) is 20.0 Å². The zero-order chi connectivity index (χ0) is 7.90. The molecule has 0 bridgehead atoms. The van der Waals surface area contributed by atoms with Gasteiger partial charge >= 0.3 is 5.97 Å². The van der Waals surface area contributed by atoms with Crippen LogP contribution in [-0.2, 0) is 9.53 Å². The van der Waals surface area contributed by atoms with Crippen LogP contribution in [0, 0.1) is 11.3 Å². The summed E-state index contributed by atoms with van der Waals surface area (Å²) in [5, 5.41) is 3.14. The van der Waals surface area contributed by atoms with Crippen LogP contribution in [0.5, 0.6) is 0 Å². The molecule has 0 aromatic carbocycles. The number of ether oxygens (including phenoxy) is 1. The van der Waals surface area contributed by atoms with Crippen molar-refractivity contribution in [2.75, 3.05) is 20.2 Å². The summed E-state index contributed by atoms with van der Waals surface area (Å²) in [5.74, 6) is 0.593. The summed E-state index contributed by atoms with van der Waals surface area (Å²) in [6.07, 6.45) is 2.41. The predicted molar refractivity (Wildman–Crippen MR) is 47.3 cm³/mol. The van der Waals surface area contributed by atoms with E-state index in [9.17, 15) is 4.79 Å². The lowest BCUT2D eigenvalue weighted by Gasteiger charge is -2.40. The number of halogens is 1. The zero-order valence-electron chi connectivity index (χ0n) is 7.13. The van der Waals surface area contributed by atoms with E-state index in [4.69, 9.17) is 4.74 Å². The molecule has 0 unspecified atom stereocenters. The van der Waals surface area contributed by atoms with Gasteiger partial charge in [-0.05, 0) is 18.8 Å². The number of hydrogen-bond acceptors (Lipinski definition) is 3. The molecule has 1 aliphatic heterocycles. The Labute approximate surface area is 78.3 Å². The van der Waals surface area contributed by atoms with Crippen molar-refractivity contribution in [3.63, 3.8) is 0 Å². The lowest BCUT2D eigenvalue weighted by Crippen LogP contribution is -2.59. The van der Waals surface area contributed by atoms with E-state index < -0.39 is 0 Å². The van der Waals surface area contributed by atoms with E-state index in [-0.39, 0.29) is 23.8 Å². The SMILES string of the molecule is COC(=O)C1(C2CC2)CNC1.Cl. The number of methoxy groups -OCH3 is 1. The molecule has 4 heteroatoms. The largest absolute Gasteiger partial charge is 0.469 e. The summed E-state index contributed by atoms with van der Waals surface area (Å²) in [7, 11) is 1.48. The molecule has 1 saturated heterocycles. The molecule has 0 atom stereocenters. The summed E-state index contributed by atoms with van der Waals surface area (Å²) in [6.45, 7) is 1.65. The first kappa shape index (κ1) is 9.81. The van der Waals surface area contributed by atoms with Crippen LogP contribution in [-0.4, -0.2) is 26.2 Å². The average molecular weight is 192 g/mol. The van der Waals surface area contributed by atoms with Gasteiger partial charge in [-0.2, -0.15) is 0 Å². The molecule has 0 amide bonds. The van der Waals surface area contributed by atoms with Gasteiger partial charge in [0.05, 0.1) is 12.5 Å². The third kappa shape index (κ3) is 1.21. The molecule has 2 aliphatic rings. The van der Waals surface area contributed by atoms with Crippen molar-refractivity contribution >= 4 is 18.4 Å². The van der Waals surface area contributed by atoms with Crippen molar-refractivity contribution in [2.45, 2.75) is 12.8 Å². The van der Waals surface area contributed by atoms with E-state index in [2.05, 4.69) is 5.32 Å². The van der Waals surface area contributed by atoms with Gasteiger partial charge in [0.2, 0.25) is 0 Å². The van der Waals surface area contributed by atoms with Crippen molar-refractivity contribution < 1.29 is 9.53 Å². The quantitative estimate of drug-likeness (QED) is 0.649. The fourth-order valence-corrected chi connectivity index (χ4v) is 1.83. The highest BCUT2D eigenvalue weighted by atomic mass is 35.5. The molecule has 1 aliphatic carbocycles. The monoisotopic (exact) mass is 191 g/mol. The van der Waals surface area contributed by atoms with Gasteiger partial charge in [0.15, 0.2) is 0 Å². The average Bonchev–Trinajstić information content (AvgIpc) is 2.68. The van der Waals surface area contributed by atoms with Crippen molar-refractivity contribution in [2.24, 2.45) is 11.3 Å². The lowest BCUT2D eigenvalue weighted by atomic mass is 9.77. The Bertz CT molecular complexity index is 187. The van der Waals surface area contributed by atoms with Gasteiger partial charge in [0.1, 0.15) is 0 Å². The van der Waals surface area contributed by atoms with Crippen LogP contribution in [0.25, 0.3) is 0 Å². The van der Waals surface area contributed by atoms with E-state index in [0.717, 1.165) is 13.1 Å². The van der Waals surface area contributed by atoms with Crippen LogP contribution in [0.15, 0.2) is 0 Å². The molecule has 1 saturated carbocycles. The second kappa shape index (κ2) is 3.23. The maximum absolute atomic E-state index is 11.3. The highest BCUT2D eigenvalue weighted by Crippen LogP contribution is 2.48. The molecule has 12 heavy (non-hydrogen) atoms. The van der Waals surface area contributed by atoms with E-state index >= 15 is 0 Å². The number of rotatable bonds is 2. The Morgan fingerprint density at radius 1 is 1.50 bits per heavy atom. The molecule has 3 nitrogen and oxygen atoms in total. The smallest absolute Gasteiger partial charge is 0.314 e.